The van der Waals surface area contributed by atoms with Gasteiger partial charge in [-0.15, -0.1) is 0 Å². The summed E-state index contributed by atoms with van der Waals surface area (Å²) >= 11 is 0. The van der Waals surface area contributed by atoms with Gasteiger partial charge in [-0.1, -0.05) is 72.8 Å². The summed E-state index contributed by atoms with van der Waals surface area (Å²) in [5, 5.41) is 2.42. The Balaban J connectivity index is 1.50. The van der Waals surface area contributed by atoms with Crippen molar-refractivity contribution in [2.24, 2.45) is 0 Å². The van der Waals surface area contributed by atoms with Gasteiger partial charge < -0.3 is 18.9 Å². The van der Waals surface area contributed by atoms with E-state index < -0.39 is 5.41 Å². The summed E-state index contributed by atoms with van der Waals surface area (Å²) in [7, 11) is 1.67. The Kier molecular flexibility index (Phi) is 7.45. The zero-order chi connectivity index (χ0) is 28.2. The van der Waals surface area contributed by atoms with Gasteiger partial charge >= 0.3 is 5.97 Å². The molecule has 5 heteroatoms. The van der Waals surface area contributed by atoms with Gasteiger partial charge in [0.2, 0.25) is 0 Å². The molecule has 1 aliphatic carbocycles. The number of hydrogen-bond acceptors (Lipinski definition) is 5. The summed E-state index contributed by atoms with van der Waals surface area (Å²) in [5.41, 5.74) is 6.70. The molecule has 5 aromatic rings. The minimum atomic E-state index is -0.544. The van der Waals surface area contributed by atoms with Crippen molar-refractivity contribution in [3.05, 3.63) is 131 Å². The number of esters is 1. The molecule has 1 atom stereocenters. The van der Waals surface area contributed by atoms with Crippen molar-refractivity contribution in [1.29, 1.82) is 0 Å². The van der Waals surface area contributed by atoms with Crippen LogP contribution in [0.4, 0.5) is 0 Å². The Morgan fingerprint density at radius 3 is 1.78 bits per heavy atom. The summed E-state index contributed by atoms with van der Waals surface area (Å²) in [4.78, 5) is 11.1. The molecule has 41 heavy (non-hydrogen) atoms. The second-order valence-electron chi connectivity index (χ2n) is 10.1. The highest BCUT2D eigenvalue weighted by molar-refractivity contribution is 5.95. The maximum absolute atomic E-state index is 11.1. The summed E-state index contributed by atoms with van der Waals surface area (Å²) in [6.45, 7) is 2.94. The van der Waals surface area contributed by atoms with E-state index in [1.54, 1.807) is 7.11 Å². The molecule has 0 fully saturated rings. The first-order chi connectivity index (χ1) is 20.1. The van der Waals surface area contributed by atoms with Crippen molar-refractivity contribution in [1.82, 2.24) is 0 Å². The molecule has 1 unspecified atom stereocenters. The minimum absolute atomic E-state index is 0.216. The van der Waals surface area contributed by atoms with E-state index >= 15 is 0 Å². The molecule has 0 spiro atoms. The fraction of sp³-hybridized carbons (Fsp3) is 0.194. The average Bonchev–Trinajstić information content (AvgIpc) is 3.29. The van der Waals surface area contributed by atoms with Gasteiger partial charge in [0.25, 0.3) is 0 Å². The SMILES string of the molecule is COCCOc1ccc(C2(c3ccc(OCCOC(C)=O)cc3)c3ccccc3-c3cc4ccccc4cc32)cc1. The monoisotopic (exact) mass is 544 g/mol. The zero-order valence-corrected chi connectivity index (χ0v) is 23.3. The van der Waals surface area contributed by atoms with Crippen molar-refractivity contribution >= 4 is 16.7 Å². The molecule has 1 aliphatic rings. The van der Waals surface area contributed by atoms with Crippen LogP contribution in [-0.2, 0) is 19.7 Å². The summed E-state index contributed by atoms with van der Waals surface area (Å²) in [5.74, 6) is 1.22. The van der Waals surface area contributed by atoms with E-state index in [9.17, 15) is 4.79 Å². The van der Waals surface area contributed by atoms with E-state index in [1.807, 2.05) is 24.3 Å². The van der Waals surface area contributed by atoms with E-state index in [0.29, 0.717) is 19.8 Å². The van der Waals surface area contributed by atoms with Crippen LogP contribution in [0.1, 0.15) is 29.2 Å². The van der Waals surface area contributed by atoms with Gasteiger partial charge in [-0.3, -0.25) is 4.79 Å². The van der Waals surface area contributed by atoms with Crippen molar-refractivity contribution in [2.45, 2.75) is 12.3 Å². The first-order valence-electron chi connectivity index (χ1n) is 13.8. The van der Waals surface area contributed by atoms with E-state index in [0.717, 1.165) is 22.6 Å². The number of benzene rings is 5. The Morgan fingerprint density at radius 2 is 1.17 bits per heavy atom. The largest absolute Gasteiger partial charge is 0.491 e. The molecule has 6 rings (SSSR count). The molecule has 0 aromatic heterocycles. The van der Waals surface area contributed by atoms with Gasteiger partial charge in [-0.05, 0) is 80.6 Å². The average molecular weight is 545 g/mol. The molecule has 0 saturated carbocycles. The van der Waals surface area contributed by atoms with Gasteiger partial charge in [0.1, 0.15) is 31.3 Å². The molecule has 5 aromatic carbocycles. The fourth-order valence-electron chi connectivity index (χ4n) is 5.94. The molecule has 0 aliphatic heterocycles. The topological polar surface area (TPSA) is 54.0 Å². The zero-order valence-electron chi connectivity index (χ0n) is 23.3. The third kappa shape index (κ3) is 4.94. The van der Waals surface area contributed by atoms with Crippen molar-refractivity contribution in [3.63, 3.8) is 0 Å². The number of rotatable bonds is 10. The molecular weight excluding hydrogens is 512 g/mol. The second kappa shape index (κ2) is 11.5. The maximum Gasteiger partial charge on any atom is 0.302 e. The molecular formula is C36H32O5. The van der Waals surface area contributed by atoms with Crippen LogP contribution in [0.3, 0.4) is 0 Å². The lowest BCUT2D eigenvalue weighted by molar-refractivity contribution is -0.141. The lowest BCUT2D eigenvalue weighted by Crippen LogP contribution is -2.28. The van der Waals surface area contributed by atoms with Crippen LogP contribution < -0.4 is 9.47 Å². The molecule has 206 valence electrons. The third-order valence-electron chi connectivity index (χ3n) is 7.70. The van der Waals surface area contributed by atoms with Crippen LogP contribution in [0.25, 0.3) is 21.9 Å². The summed E-state index contributed by atoms with van der Waals surface area (Å²) < 4.78 is 21.9. The number of hydrogen-bond donors (Lipinski definition) is 0. The predicted octanol–water partition coefficient (Wildman–Crippen LogP) is 7.17. The van der Waals surface area contributed by atoms with Gasteiger partial charge in [0.15, 0.2) is 0 Å². The lowest BCUT2D eigenvalue weighted by atomic mass is 9.67. The highest BCUT2D eigenvalue weighted by atomic mass is 16.6. The van der Waals surface area contributed by atoms with Gasteiger partial charge in [-0.25, -0.2) is 0 Å². The van der Waals surface area contributed by atoms with Crippen LogP contribution in [-0.4, -0.2) is 39.5 Å². The highest BCUT2D eigenvalue weighted by Gasteiger charge is 2.46. The van der Waals surface area contributed by atoms with Gasteiger partial charge in [-0.2, -0.15) is 0 Å². The van der Waals surface area contributed by atoms with Crippen LogP contribution in [0.15, 0.2) is 109 Å². The van der Waals surface area contributed by atoms with Crippen LogP contribution >= 0.6 is 0 Å². The van der Waals surface area contributed by atoms with Crippen LogP contribution in [0.2, 0.25) is 0 Å². The number of methoxy groups -OCH3 is 1. The second-order valence-corrected chi connectivity index (χ2v) is 10.1. The molecule has 0 bridgehead atoms. The van der Waals surface area contributed by atoms with E-state index in [2.05, 4.69) is 84.9 Å². The Hall–Kier alpha value is -4.61. The number of fused-ring (bicyclic) bond motifs is 4. The Morgan fingerprint density at radius 1 is 0.610 bits per heavy atom. The quantitative estimate of drug-likeness (QED) is 0.135. The van der Waals surface area contributed by atoms with Crippen molar-refractivity contribution in [2.75, 3.05) is 33.5 Å². The lowest BCUT2D eigenvalue weighted by Gasteiger charge is -2.34. The van der Waals surface area contributed by atoms with Crippen molar-refractivity contribution < 1.29 is 23.7 Å². The van der Waals surface area contributed by atoms with E-state index in [1.165, 1.54) is 39.9 Å². The number of carbonyl (C=O) groups is 1. The van der Waals surface area contributed by atoms with Crippen molar-refractivity contribution in [3.8, 4) is 22.6 Å². The highest BCUT2D eigenvalue weighted by Crippen LogP contribution is 2.57. The third-order valence-corrected chi connectivity index (χ3v) is 7.70. The Bertz CT molecular complexity index is 1670. The van der Waals surface area contributed by atoms with Crippen LogP contribution in [0, 0.1) is 0 Å². The first-order valence-corrected chi connectivity index (χ1v) is 13.8. The number of ether oxygens (including phenoxy) is 4. The van der Waals surface area contributed by atoms with E-state index in [-0.39, 0.29) is 12.6 Å². The normalized spacial score (nSPS) is 15.3. The summed E-state index contributed by atoms with van der Waals surface area (Å²) in [6, 6.07) is 38.6. The smallest absolute Gasteiger partial charge is 0.302 e. The van der Waals surface area contributed by atoms with Gasteiger partial charge in [0, 0.05) is 14.0 Å². The first kappa shape index (κ1) is 26.6. The fourth-order valence-corrected chi connectivity index (χ4v) is 5.94. The predicted molar refractivity (Wildman–Crippen MR) is 161 cm³/mol. The van der Waals surface area contributed by atoms with E-state index in [4.69, 9.17) is 18.9 Å². The maximum atomic E-state index is 11.1. The van der Waals surface area contributed by atoms with Gasteiger partial charge in [0.05, 0.1) is 12.0 Å². The molecule has 0 radical (unpaired) electrons. The summed E-state index contributed by atoms with van der Waals surface area (Å²) in [6.07, 6.45) is 0. The molecule has 0 amide bonds. The standard InChI is InChI=1S/C36H32O5/c1-25(37)39-21-22-41-31-17-13-29(14-18-31)36(28-11-15-30(16-12-28)40-20-19-38-2)34-10-6-5-9-32(34)33-23-26-7-3-4-8-27(26)24-35(33)36/h3-18,23-24H,19-22H2,1-2H3. The van der Waals surface area contributed by atoms with Crippen LogP contribution in [0.5, 0.6) is 11.5 Å². The molecule has 0 heterocycles. The molecule has 5 nitrogen and oxygen atoms in total. The molecule has 0 N–H and O–H groups in total. The Labute approximate surface area is 240 Å². The minimum Gasteiger partial charge on any atom is -0.491 e. The number of carbonyl (C=O) groups excluding carboxylic acids is 1. The molecule has 0 saturated heterocycles.